The van der Waals surface area contributed by atoms with Gasteiger partial charge in [-0.2, -0.15) is 0 Å². The lowest BCUT2D eigenvalue weighted by molar-refractivity contribution is -0.119. The molecule has 0 aliphatic carbocycles. The SMILES string of the molecule is COC(O)c1ccc2c(C(=Nc3ccc(N(C)C(=O)CN4CCN(C)CC4)cc3)c3ccccc3)c(O)[nH]c2c1. The number of carbonyl (C=O) groups is 1. The minimum atomic E-state index is -1.06. The number of methoxy groups -OCH3 is 1. The molecule has 2 heterocycles. The number of hydrogen-bond donors (Lipinski definition) is 3. The Morgan fingerprint density at radius 3 is 2.42 bits per heavy atom. The van der Waals surface area contributed by atoms with E-state index >= 15 is 0 Å². The normalized spacial score (nSPS) is 15.8. The van der Waals surface area contributed by atoms with E-state index < -0.39 is 6.29 Å². The highest BCUT2D eigenvalue weighted by Crippen LogP contribution is 2.33. The number of aromatic amines is 1. The first-order chi connectivity index (χ1) is 19.3. The highest BCUT2D eigenvalue weighted by molar-refractivity contribution is 6.21. The van der Waals surface area contributed by atoms with Crippen LogP contribution in [0, 0.1) is 0 Å². The number of aromatic nitrogens is 1. The van der Waals surface area contributed by atoms with Gasteiger partial charge in [0.1, 0.15) is 0 Å². The van der Waals surface area contributed by atoms with Crippen LogP contribution in [0.15, 0.2) is 77.8 Å². The van der Waals surface area contributed by atoms with E-state index in [2.05, 4.69) is 21.8 Å². The fourth-order valence-electron chi connectivity index (χ4n) is 4.92. The highest BCUT2D eigenvalue weighted by Gasteiger charge is 2.21. The predicted molar refractivity (Wildman–Crippen MR) is 157 cm³/mol. The number of amides is 1. The zero-order valence-electron chi connectivity index (χ0n) is 23.0. The third kappa shape index (κ3) is 5.93. The van der Waals surface area contributed by atoms with E-state index in [4.69, 9.17) is 9.73 Å². The van der Waals surface area contributed by atoms with Crippen LogP contribution >= 0.6 is 0 Å². The number of likely N-dealkylation sites (N-methyl/N-ethyl adjacent to an activating group) is 2. The molecule has 3 N–H and O–H groups in total. The fraction of sp³-hybridized carbons (Fsp3) is 0.290. The fourth-order valence-corrected chi connectivity index (χ4v) is 4.92. The molecule has 208 valence electrons. The molecule has 1 amide bonds. The van der Waals surface area contributed by atoms with Crippen molar-refractivity contribution in [1.82, 2.24) is 14.8 Å². The Balaban J connectivity index is 1.44. The summed E-state index contributed by atoms with van der Waals surface area (Å²) >= 11 is 0. The van der Waals surface area contributed by atoms with Crippen LogP contribution in [0.2, 0.25) is 0 Å². The second-order valence-electron chi connectivity index (χ2n) is 10.1. The number of H-pyrrole nitrogens is 1. The van der Waals surface area contributed by atoms with Crippen LogP contribution in [0.1, 0.15) is 23.0 Å². The number of rotatable bonds is 8. The second-order valence-corrected chi connectivity index (χ2v) is 10.1. The molecule has 1 atom stereocenters. The number of aliphatic hydroxyl groups is 1. The number of piperazine rings is 1. The summed E-state index contributed by atoms with van der Waals surface area (Å²) in [6.45, 7) is 4.11. The van der Waals surface area contributed by atoms with Crippen LogP contribution in [-0.4, -0.2) is 90.5 Å². The first kappa shape index (κ1) is 27.5. The van der Waals surface area contributed by atoms with Crippen LogP contribution in [-0.2, 0) is 9.53 Å². The molecule has 1 saturated heterocycles. The third-order valence-corrected chi connectivity index (χ3v) is 7.40. The van der Waals surface area contributed by atoms with Crippen LogP contribution in [0.4, 0.5) is 11.4 Å². The monoisotopic (exact) mass is 541 g/mol. The Labute approximate surface area is 233 Å². The van der Waals surface area contributed by atoms with E-state index in [0.29, 0.717) is 34.6 Å². The number of aliphatic hydroxyl groups excluding tert-OH is 1. The standard InChI is InChI=1S/C31H35N5O4/c1-34-15-17-36(18-16-34)20-27(37)35(2)24-12-10-23(11-13-24)32-29(21-7-5-4-6-8-21)28-25-14-9-22(31(39)40-3)19-26(25)33-30(28)38/h4-14,19,31,33,38-39H,15-18,20H2,1-3H3. The Hall–Kier alpha value is -4.02. The second kappa shape index (κ2) is 12.0. The lowest BCUT2D eigenvalue weighted by Gasteiger charge is -2.32. The average Bonchev–Trinajstić information content (AvgIpc) is 3.31. The molecule has 5 rings (SSSR count). The van der Waals surface area contributed by atoms with E-state index in [1.807, 2.05) is 60.7 Å². The maximum absolute atomic E-state index is 12.9. The van der Waals surface area contributed by atoms with E-state index in [0.717, 1.165) is 42.8 Å². The first-order valence-electron chi connectivity index (χ1n) is 13.3. The molecule has 1 aliphatic rings. The van der Waals surface area contributed by atoms with Crippen LogP contribution in [0.25, 0.3) is 10.9 Å². The summed E-state index contributed by atoms with van der Waals surface area (Å²) in [6, 6.07) is 22.5. The van der Waals surface area contributed by atoms with Gasteiger partial charge < -0.3 is 29.7 Å². The first-order valence-corrected chi connectivity index (χ1v) is 13.3. The number of hydrogen-bond acceptors (Lipinski definition) is 7. The van der Waals surface area contributed by atoms with Gasteiger partial charge in [0.15, 0.2) is 12.2 Å². The number of nitrogens with one attached hydrogen (secondary N) is 1. The van der Waals surface area contributed by atoms with Crippen molar-refractivity contribution in [3.63, 3.8) is 0 Å². The number of ether oxygens (including phenoxy) is 1. The van der Waals surface area contributed by atoms with Crippen molar-refractivity contribution in [2.75, 3.05) is 58.8 Å². The summed E-state index contributed by atoms with van der Waals surface area (Å²) in [6.07, 6.45) is -1.06. The predicted octanol–water partition coefficient (Wildman–Crippen LogP) is 3.89. The van der Waals surface area contributed by atoms with Gasteiger partial charge in [-0.15, -0.1) is 0 Å². The van der Waals surface area contributed by atoms with E-state index in [1.54, 1.807) is 24.1 Å². The van der Waals surface area contributed by atoms with Crippen molar-refractivity contribution in [2.45, 2.75) is 6.29 Å². The van der Waals surface area contributed by atoms with Crippen LogP contribution in [0.5, 0.6) is 5.88 Å². The molecular formula is C31H35N5O4. The minimum absolute atomic E-state index is 0.0208. The Bertz CT molecular complexity index is 1490. The maximum atomic E-state index is 12.9. The molecule has 0 spiro atoms. The number of fused-ring (bicyclic) bond motifs is 1. The summed E-state index contributed by atoms with van der Waals surface area (Å²) in [5.74, 6) is 0.0278. The Morgan fingerprint density at radius 2 is 1.75 bits per heavy atom. The van der Waals surface area contributed by atoms with Gasteiger partial charge in [-0.05, 0) is 37.4 Å². The average molecular weight is 542 g/mol. The zero-order valence-corrected chi connectivity index (χ0v) is 23.0. The number of anilines is 1. The molecule has 4 aromatic rings. The van der Waals surface area contributed by atoms with Gasteiger partial charge in [0.05, 0.1) is 23.5 Å². The van der Waals surface area contributed by atoms with Crippen molar-refractivity contribution < 1.29 is 19.7 Å². The molecule has 1 fully saturated rings. The molecule has 1 aromatic heterocycles. The minimum Gasteiger partial charge on any atom is -0.494 e. The summed E-state index contributed by atoms with van der Waals surface area (Å²) in [5.41, 5.74) is 4.69. The number of benzene rings is 3. The van der Waals surface area contributed by atoms with Gasteiger partial charge >= 0.3 is 0 Å². The summed E-state index contributed by atoms with van der Waals surface area (Å²) in [4.78, 5) is 27.0. The Kier molecular flexibility index (Phi) is 8.27. The lowest BCUT2D eigenvalue weighted by atomic mass is 10.00. The van der Waals surface area contributed by atoms with Gasteiger partial charge in [-0.3, -0.25) is 9.69 Å². The summed E-state index contributed by atoms with van der Waals surface area (Å²) in [7, 11) is 5.33. The number of carbonyl (C=O) groups excluding carboxylic acids is 1. The van der Waals surface area contributed by atoms with Crippen molar-refractivity contribution >= 4 is 33.9 Å². The Morgan fingerprint density at radius 1 is 1.05 bits per heavy atom. The molecule has 40 heavy (non-hydrogen) atoms. The van der Waals surface area contributed by atoms with Crippen LogP contribution in [0.3, 0.4) is 0 Å². The van der Waals surface area contributed by atoms with Gasteiger partial charge in [-0.25, -0.2) is 4.99 Å². The summed E-state index contributed by atoms with van der Waals surface area (Å²) in [5, 5.41) is 21.8. The molecule has 0 radical (unpaired) electrons. The third-order valence-electron chi connectivity index (χ3n) is 7.40. The van der Waals surface area contributed by atoms with Gasteiger partial charge in [0.25, 0.3) is 0 Å². The quantitative estimate of drug-likeness (QED) is 0.231. The van der Waals surface area contributed by atoms with Crippen molar-refractivity contribution in [3.8, 4) is 5.88 Å². The molecule has 9 heteroatoms. The summed E-state index contributed by atoms with van der Waals surface area (Å²) < 4.78 is 5.03. The molecule has 3 aromatic carbocycles. The van der Waals surface area contributed by atoms with Gasteiger partial charge in [0, 0.05) is 68.1 Å². The molecular weight excluding hydrogens is 506 g/mol. The van der Waals surface area contributed by atoms with Crippen LogP contribution < -0.4 is 4.90 Å². The number of aliphatic imine (C=N–C) groups is 1. The molecule has 0 bridgehead atoms. The lowest BCUT2D eigenvalue weighted by Crippen LogP contribution is -2.48. The van der Waals surface area contributed by atoms with Crippen molar-refractivity contribution in [2.24, 2.45) is 4.99 Å². The van der Waals surface area contributed by atoms with E-state index in [9.17, 15) is 15.0 Å². The zero-order chi connectivity index (χ0) is 28.2. The van der Waals surface area contributed by atoms with Gasteiger partial charge in [-0.1, -0.05) is 42.5 Å². The topological polar surface area (TPSA) is 105 Å². The number of aromatic hydroxyl groups is 1. The molecule has 1 aliphatic heterocycles. The smallest absolute Gasteiger partial charge is 0.240 e. The number of nitrogens with zero attached hydrogens (tertiary/aromatic N) is 4. The van der Waals surface area contributed by atoms with E-state index in [1.165, 1.54) is 7.11 Å². The highest BCUT2D eigenvalue weighted by atomic mass is 16.6. The molecule has 1 unspecified atom stereocenters. The van der Waals surface area contributed by atoms with Crippen molar-refractivity contribution in [1.29, 1.82) is 0 Å². The largest absolute Gasteiger partial charge is 0.494 e. The maximum Gasteiger partial charge on any atom is 0.240 e. The van der Waals surface area contributed by atoms with Gasteiger partial charge in [0.2, 0.25) is 5.91 Å². The van der Waals surface area contributed by atoms with Crippen molar-refractivity contribution in [3.05, 3.63) is 89.5 Å². The van der Waals surface area contributed by atoms with E-state index in [-0.39, 0.29) is 11.8 Å². The molecule has 0 saturated carbocycles. The molecule has 9 nitrogen and oxygen atoms in total.